The summed E-state index contributed by atoms with van der Waals surface area (Å²) in [5, 5.41) is 16.6. The number of H-pyrrole nitrogens is 1. The molecule has 0 aliphatic carbocycles. The summed E-state index contributed by atoms with van der Waals surface area (Å²) >= 11 is 0. The number of benzene rings is 2. The molecule has 0 bridgehead atoms. The van der Waals surface area contributed by atoms with E-state index in [2.05, 4.69) is 32.9 Å². The van der Waals surface area contributed by atoms with Crippen LogP contribution in [-0.2, 0) is 4.79 Å². The number of anilines is 1. The van der Waals surface area contributed by atoms with Crippen molar-refractivity contribution in [3.05, 3.63) is 59.9 Å². The summed E-state index contributed by atoms with van der Waals surface area (Å²) in [5.41, 5.74) is 1.39. The van der Waals surface area contributed by atoms with Gasteiger partial charge in [-0.1, -0.05) is 36.8 Å². The van der Waals surface area contributed by atoms with Gasteiger partial charge < -0.3 is 19.5 Å². The van der Waals surface area contributed by atoms with Gasteiger partial charge in [-0.2, -0.15) is 5.21 Å². The Balaban J connectivity index is 1.39. The molecule has 2 aromatic carbocycles. The SMILES string of the molecule is CCCCOc1ccc(/C=C/C(=O)Nc2cccc3c2OC(c2nn[nH]n2)CO3)cc1. The smallest absolute Gasteiger partial charge is 0.248 e. The van der Waals surface area contributed by atoms with E-state index in [0.29, 0.717) is 29.6 Å². The van der Waals surface area contributed by atoms with Gasteiger partial charge in [0.15, 0.2) is 17.6 Å². The second-order valence-electron chi connectivity index (χ2n) is 6.91. The van der Waals surface area contributed by atoms with Gasteiger partial charge in [0.25, 0.3) is 0 Å². The number of hydrogen-bond donors (Lipinski definition) is 2. The van der Waals surface area contributed by atoms with E-state index in [0.717, 1.165) is 24.2 Å². The third-order valence-corrected chi connectivity index (χ3v) is 4.61. The van der Waals surface area contributed by atoms with Gasteiger partial charge in [0, 0.05) is 6.08 Å². The van der Waals surface area contributed by atoms with E-state index in [4.69, 9.17) is 14.2 Å². The summed E-state index contributed by atoms with van der Waals surface area (Å²) in [4.78, 5) is 12.5. The maximum Gasteiger partial charge on any atom is 0.248 e. The molecule has 3 aromatic rings. The maximum atomic E-state index is 12.5. The number of amides is 1. The van der Waals surface area contributed by atoms with E-state index < -0.39 is 6.10 Å². The molecule has 1 amide bonds. The van der Waals surface area contributed by atoms with Crippen molar-refractivity contribution in [2.45, 2.75) is 25.9 Å². The van der Waals surface area contributed by atoms with Gasteiger partial charge in [-0.15, -0.1) is 10.2 Å². The normalized spacial score (nSPS) is 15.1. The van der Waals surface area contributed by atoms with Gasteiger partial charge in [-0.3, -0.25) is 4.79 Å². The first-order valence-corrected chi connectivity index (χ1v) is 10.1. The summed E-state index contributed by atoms with van der Waals surface area (Å²) in [7, 11) is 0. The van der Waals surface area contributed by atoms with Crippen LogP contribution in [0, 0.1) is 0 Å². The minimum Gasteiger partial charge on any atom is -0.494 e. The fraction of sp³-hybridized carbons (Fsp3) is 0.273. The molecule has 4 rings (SSSR count). The number of carbonyl (C=O) groups is 1. The molecule has 2 heterocycles. The molecule has 0 saturated carbocycles. The molecule has 1 atom stereocenters. The van der Waals surface area contributed by atoms with Crippen molar-refractivity contribution in [1.82, 2.24) is 20.6 Å². The Hall–Kier alpha value is -3.88. The predicted octanol–water partition coefficient (Wildman–Crippen LogP) is 3.54. The number of ether oxygens (including phenoxy) is 3. The number of aromatic nitrogens is 4. The Kier molecular flexibility index (Phi) is 6.41. The van der Waals surface area contributed by atoms with Crippen LogP contribution in [0.25, 0.3) is 6.08 Å². The van der Waals surface area contributed by atoms with Crippen LogP contribution in [0.1, 0.15) is 37.3 Å². The van der Waals surface area contributed by atoms with E-state index in [9.17, 15) is 4.79 Å². The van der Waals surface area contributed by atoms with Crippen molar-refractivity contribution in [3.63, 3.8) is 0 Å². The minimum absolute atomic E-state index is 0.252. The van der Waals surface area contributed by atoms with E-state index in [-0.39, 0.29) is 12.5 Å². The lowest BCUT2D eigenvalue weighted by atomic mass is 10.2. The molecule has 1 aromatic heterocycles. The molecule has 9 nitrogen and oxygen atoms in total. The molecule has 31 heavy (non-hydrogen) atoms. The number of para-hydroxylation sites is 1. The predicted molar refractivity (Wildman–Crippen MR) is 114 cm³/mol. The number of nitrogens with one attached hydrogen (secondary N) is 2. The highest BCUT2D eigenvalue weighted by molar-refractivity contribution is 6.03. The Morgan fingerprint density at radius 2 is 2.16 bits per heavy atom. The van der Waals surface area contributed by atoms with Crippen molar-refractivity contribution in [2.24, 2.45) is 0 Å². The number of aromatic amines is 1. The van der Waals surface area contributed by atoms with Gasteiger partial charge in [0.05, 0.1) is 12.3 Å². The maximum absolute atomic E-state index is 12.5. The third kappa shape index (κ3) is 5.19. The monoisotopic (exact) mass is 421 g/mol. The van der Waals surface area contributed by atoms with Crippen LogP contribution in [0.2, 0.25) is 0 Å². The molecule has 160 valence electrons. The molecule has 1 unspecified atom stereocenters. The molecule has 1 aliphatic heterocycles. The van der Waals surface area contributed by atoms with Crippen LogP contribution < -0.4 is 19.5 Å². The molecular weight excluding hydrogens is 398 g/mol. The first kappa shape index (κ1) is 20.4. The van der Waals surface area contributed by atoms with Crippen LogP contribution in [0.5, 0.6) is 17.2 Å². The van der Waals surface area contributed by atoms with E-state index in [1.54, 1.807) is 24.3 Å². The van der Waals surface area contributed by atoms with Gasteiger partial charge in [-0.05, 0) is 42.3 Å². The summed E-state index contributed by atoms with van der Waals surface area (Å²) in [6, 6.07) is 12.9. The standard InChI is InChI=1S/C22H23N5O4/c1-2-3-13-29-16-10-7-15(8-11-16)9-12-20(28)23-17-5-4-6-18-21(17)31-19(14-30-18)22-24-26-27-25-22/h4-12,19H,2-3,13-14H2,1H3,(H,23,28)(H,24,25,26,27)/b12-9+. The number of carbonyl (C=O) groups excluding carboxylic acids is 1. The molecule has 0 spiro atoms. The summed E-state index contributed by atoms with van der Waals surface area (Å²) < 4.78 is 17.3. The van der Waals surface area contributed by atoms with Crippen LogP contribution in [0.4, 0.5) is 5.69 Å². The molecule has 0 fully saturated rings. The number of tetrazole rings is 1. The summed E-state index contributed by atoms with van der Waals surface area (Å²) in [5.74, 6) is 1.88. The zero-order valence-electron chi connectivity index (χ0n) is 17.1. The average molecular weight is 421 g/mol. The van der Waals surface area contributed by atoms with Gasteiger partial charge in [0.1, 0.15) is 12.4 Å². The Labute approximate surface area is 179 Å². The molecule has 0 radical (unpaired) electrons. The quantitative estimate of drug-likeness (QED) is 0.423. The highest BCUT2D eigenvalue weighted by Gasteiger charge is 2.28. The summed E-state index contributed by atoms with van der Waals surface area (Å²) in [6.07, 6.45) is 4.80. The molecule has 0 saturated heterocycles. The fourth-order valence-corrected chi connectivity index (χ4v) is 2.98. The number of rotatable bonds is 8. The highest BCUT2D eigenvalue weighted by Crippen LogP contribution is 2.41. The lowest BCUT2D eigenvalue weighted by Crippen LogP contribution is -2.24. The Morgan fingerprint density at radius 1 is 1.29 bits per heavy atom. The lowest BCUT2D eigenvalue weighted by molar-refractivity contribution is -0.111. The van der Waals surface area contributed by atoms with Crippen LogP contribution in [0.15, 0.2) is 48.5 Å². The van der Waals surface area contributed by atoms with Crippen LogP contribution in [-0.4, -0.2) is 39.7 Å². The van der Waals surface area contributed by atoms with E-state index in [1.165, 1.54) is 6.08 Å². The van der Waals surface area contributed by atoms with Crippen molar-refractivity contribution >= 4 is 17.7 Å². The zero-order valence-corrected chi connectivity index (χ0v) is 17.1. The van der Waals surface area contributed by atoms with E-state index >= 15 is 0 Å². The van der Waals surface area contributed by atoms with Gasteiger partial charge >= 0.3 is 0 Å². The largest absolute Gasteiger partial charge is 0.494 e. The average Bonchev–Trinajstić information content (AvgIpc) is 3.34. The molecule has 9 heteroatoms. The van der Waals surface area contributed by atoms with E-state index in [1.807, 2.05) is 24.3 Å². The molecular formula is C22H23N5O4. The number of unbranched alkanes of at least 4 members (excludes halogenated alkanes) is 1. The van der Waals surface area contributed by atoms with Gasteiger partial charge in [0.2, 0.25) is 11.7 Å². The second-order valence-corrected chi connectivity index (χ2v) is 6.91. The van der Waals surface area contributed by atoms with Crippen molar-refractivity contribution in [1.29, 1.82) is 0 Å². The van der Waals surface area contributed by atoms with Gasteiger partial charge in [-0.25, -0.2) is 0 Å². The first-order valence-electron chi connectivity index (χ1n) is 10.1. The number of fused-ring (bicyclic) bond motifs is 1. The van der Waals surface area contributed by atoms with Crippen LogP contribution >= 0.6 is 0 Å². The second kappa shape index (κ2) is 9.75. The van der Waals surface area contributed by atoms with Crippen molar-refractivity contribution in [2.75, 3.05) is 18.5 Å². The third-order valence-electron chi connectivity index (χ3n) is 4.61. The number of hydrogen-bond acceptors (Lipinski definition) is 7. The number of nitrogens with zero attached hydrogens (tertiary/aromatic N) is 3. The van der Waals surface area contributed by atoms with Crippen molar-refractivity contribution < 1.29 is 19.0 Å². The van der Waals surface area contributed by atoms with Crippen molar-refractivity contribution in [3.8, 4) is 17.2 Å². The Bertz CT molecular complexity index is 1030. The Morgan fingerprint density at radius 3 is 2.94 bits per heavy atom. The van der Waals surface area contributed by atoms with Crippen LogP contribution in [0.3, 0.4) is 0 Å². The molecule has 2 N–H and O–H groups in total. The summed E-state index contributed by atoms with van der Waals surface area (Å²) in [6.45, 7) is 3.08. The minimum atomic E-state index is -0.516. The fourth-order valence-electron chi connectivity index (χ4n) is 2.98. The topological polar surface area (TPSA) is 111 Å². The zero-order chi connectivity index (χ0) is 21.5. The molecule has 1 aliphatic rings. The lowest BCUT2D eigenvalue weighted by Gasteiger charge is -2.26. The first-order chi connectivity index (χ1) is 15.2. The highest BCUT2D eigenvalue weighted by atomic mass is 16.6.